The molecule has 3 heterocycles. The van der Waals surface area contributed by atoms with Crippen molar-refractivity contribution in [2.24, 2.45) is 0 Å². The van der Waals surface area contributed by atoms with Gasteiger partial charge in [0.15, 0.2) is 5.82 Å². The predicted octanol–water partition coefficient (Wildman–Crippen LogP) is 3.61. The molecule has 3 aromatic rings. The Labute approximate surface area is 164 Å². The molecule has 1 aliphatic rings. The van der Waals surface area contributed by atoms with Crippen LogP contribution in [0.1, 0.15) is 36.2 Å². The fourth-order valence-corrected chi connectivity index (χ4v) is 3.80. The molecule has 0 spiro atoms. The smallest absolute Gasteiger partial charge is 0.258 e. The molecule has 6 nitrogen and oxygen atoms in total. The Morgan fingerprint density at radius 3 is 2.86 bits per heavy atom. The summed E-state index contributed by atoms with van der Waals surface area (Å²) in [5, 5.41) is 4.09. The zero-order chi connectivity index (χ0) is 19.3. The molecular formula is C22H24N4O2. The fraction of sp³-hybridized carbons (Fsp3) is 0.364. The second-order valence-electron chi connectivity index (χ2n) is 7.28. The summed E-state index contributed by atoms with van der Waals surface area (Å²) in [5.74, 6) is 1.41. The lowest BCUT2D eigenvalue weighted by atomic mass is 10.0. The molecular weight excluding hydrogens is 352 g/mol. The van der Waals surface area contributed by atoms with Crippen LogP contribution >= 0.6 is 0 Å². The SMILES string of the molecule is Cc1ccccc1CC(=O)N1CCCC1CCc1noc(-c2ccncc2)n1. The van der Waals surface area contributed by atoms with Gasteiger partial charge in [-0.25, -0.2) is 0 Å². The molecule has 0 N–H and O–H groups in total. The Morgan fingerprint density at radius 2 is 2.04 bits per heavy atom. The van der Waals surface area contributed by atoms with Crippen LogP contribution < -0.4 is 0 Å². The second-order valence-corrected chi connectivity index (χ2v) is 7.28. The summed E-state index contributed by atoms with van der Waals surface area (Å²) in [6, 6.07) is 12.0. The van der Waals surface area contributed by atoms with E-state index in [4.69, 9.17) is 4.52 Å². The third-order valence-corrected chi connectivity index (χ3v) is 5.40. The lowest BCUT2D eigenvalue weighted by Crippen LogP contribution is -2.37. The first-order chi connectivity index (χ1) is 13.7. The van der Waals surface area contributed by atoms with Gasteiger partial charge in [-0.2, -0.15) is 4.98 Å². The minimum Gasteiger partial charge on any atom is -0.339 e. The van der Waals surface area contributed by atoms with E-state index in [-0.39, 0.29) is 11.9 Å². The molecule has 28 heavy (non-hydrogen) atoms. The van der Waals surface area contributed by atoms with Crippen molar-refractivity contribution in [2.45, 2.75) is 45.1 Å². The van der Waals surface area contributed by atoms with Crippen LogP contribution in [0.25, 0.3) is 11.5 Å². The summed E-state index contributed by atoms with van der Waals surface area (Å²) in [6.45, 7) is 2.89. The van der Waals surface area contributed by atoms with Crippen molar-refractivity contribution in [1.82, 2.24) is 20.0 Å². The molecule has 1 atom stereocenters. The van der Waals surface area contributed by atoms with Crippen molar-refractivity contribution < 1.29 is 9.32 Å². The zero-order valence-corrected chi connectivity index (χ0v) is 16.0. The molecule has 2 aromatic heterocycles. The Bertz CT molecular complexity index is 938. The maximum absolute atomic E-state index is 12.8. The minimum absolute atomic E-state index is 0.211. The van der Waals surface area contributed by atoms with E-state index in [9.17, 15) is 4.79 Å². The molecule has 4 rings (SSSR count). The van der Waals surface area contributed by atoms with Crippen molar-refractivity contribution in [3.05, 3.63) is 65.7 Å². The number of carbonyl (C=O) groups is 1. The molecule has 0 aliphatic carbocycles. The van der Waals surface area contributed by atoms with Gasteiger partial charge >= 0.3 is 0 Å². The number of carbonyl (C=O) groups excluding carboxylic acids is 1. The Morgan fingerprint density at radius 1 is 1.21 bits per heavy atom. The van der Waals surface area contributed by atoms with Gasteiger partial charge < -0.3 is 9.42 Å². The first kappa shape index (κ1) is 18.3. The number of hydrogen-bond donors (Lipinski definition) is 0. The average Bonchev–Trinajstić information content (AvgIpc) is 3.38. The van der Waals surface area contributed by atoms with Gasteiger partial charge in [-0.3, -0.25) is 9.78 Å². The highest BCUT2D eigenvalue weighted by atomic mass is 16.5. The largest absolute Gasteiger partial charge is 0.339 e. The molecule has 1 saturated heterocycles. The van der Waals surface area contributed by atoms with Crippen LogP contribution in [0.15, 0.2) is 53.3 Å². The average molecular weight is 376 g/mol. The highest BCUT2D eigenvalue weighted by Gasteiger charge is 2.29. The molecule has 1 unspecified atom stereocenters. The first-order valence-electron chi connectivity index (χ1n) is 9.77. The number of amides is 1. The summed E-state index contributed by atoms with van der Waals surface area (Å²) < 4.78 is 5.36. The Hall–Kier alpha value is -3.02. The molecule has 6 heteroatoms. The minimum atomic E-state index is 0.211. The number of aryl methyl sites for hydroxylation is 2. The van der Waals surface area contributed by atoms with E-state index >= 15 is 0 Å². The normalized spacial score (nSPS) is 16.5. The van der Waals surface area contributed by atoms with Crippen molar-refractivity contribution in [3.63, 3.8) is 0 Å². The fourth-order valence-electron chi connectivity index (χ4n) is 3.80. The lowest BCUT2D eigenvalue weighted by Gasteiger charge is -2.25. The summed E-state index contributed by atoms with van der Waals surface area (Å²) in [5.41, 5.74) is 3.14. The molecule has 1 amide bonds. The summed E-state index contributed by atoms with van der Waals surface area (Å²) in [7, 11) is 0. The van der Waals surface area contributed by atoms with Crippen LogP contribution in [0.4, 0.5) is 0 Å². The maximum Gasteiger partial charge on any atom is 0.258 e. The van der Waals surface area contributed by atoms with Gasteiger partial charge in [0.05, 0.1) is 6.42 Å². The molecule has 1 aromatic carbocycles. The molecule has 1 aliphatic heterocycles. The predicted molar refractivity (Wildman–Crippen MR) is 105 cm³/mol. The van der Waals surface area contributed by atoms with Gasteiger partial charge in [0.2, 0.25) is 5.91 Å². The van der Waals surface area contributed by atoms with Gasteiger partial charge in [0.25, 0.3) is 5.89 Å². The third kappa shape index (κ3) is 4.11. The third-order valence-electron chi connectivity index (χ3n) is 5.40. The number of aromatic nitrogens is 3. The zero-order valence-electron chi connectivity index (χ0n) is 16.0. The number of likely N-dealkylation sites (tertiary alicyclic amines) is 1. The topological polar surface area (TPSA) is 72.1 Å². The number of rotatable bonds is 6. The Balaban J connectivity index is 1.36. The molecule has 0 bridgehead atoms. The van der Waals surface area contributed by atoms with Crippen molar-refractivity contribution in [3.8, 4) is 11.5 Å². The standard InChI is InChI=1S/C22H24N4O2/c1-16-5-2-3-6-18(16)15-21(27)26-14-4-7-19(26)8-9-20-24-22(28-25-20)17-10-12-23-13-11-17/h2-3,5-6,10-13,19H,4,7-9,14-15H2,1H3. The van der Waals surface area contributed by atoms with E-state index in [2.05, 4.69) is 28.1 Å². The van der Waals surface area contributed by atoms with Crippen LogP contribution in [0, 0.1) is 6.92 Å². The van der Waals surface area contributed by atoms with Crippen LogP contribution in [0.5, 0.6) is 0 Å². The van der Waals surface area contributed by atoms with E-state index in [0.717, 1.165) is 36.9 Å². The van der Waals surface area contributed by atoms with Crippen molar-refractivity contribution in [2.75, 3.05) is 6.54 Å². The Kier molecular flexibility index (Phi) is 5.46. The number of nitrogens with zero attached hydrogens (tertiary/aromatic N) is 4. The van der Waals surface area contributed by atoms with E-state index in [1.54, 1.807) is 12.4 Å². The van der Waals surface area contributed by atoms with E-state index in [1.807, 2.05) is 35.2 Å². The highest BCUT2D eigenvalue weighted by Crippen LogP contribution is 2.24. The first-order valence-corrected chi connectivity index (χ1v) is 9.77. The summed E-state index contributed by atoms with van der Waals surface area (Å²) in [4.78, 5) is 23.4. The van der Waals surface area contributed by atoms with Crippen molar-refractivity contribution in [1.29, 1.82) is 0 Å². The summed E-state index contributed by atoms with van der Waals surface area (Å²) in [6.07, 6.45) is 7.53. The number of pyridine rings is 1. The summed E-state index contributed by atoms with van der Waals surface area (Å²) >= 11 is 0. The van der Waals surface area contributed by atoms with Crippen LogP contribution in [0.3, 0.4) is 0 Å². The highest BCUT2D eigenvalue weighted by molar-refractivity contribution is 5.79. The van der Waals surface area contributed by atoms with Crippen LogP contribution in [-0.4, -0.2) is 38.5 Å². The van der Waals surface area contributed by atoms with Gasteiger partial charge in [0.1, 0.15) is 0 Å². The van der Waals surface area contributed by atoms with Gasteiger partial charge in [-0.1, -0.05) is 29.4 Å². The second kappa shape index (κ2) is 8.33. The molecule has 0 saturated carbocycles. The van der Waals surface area contributed by atoms with Gasteiger partial charge in [-0.15, -0.1) is 0 Å². The van der Waals surface area contributed by atoms with Crippen molar-refractivity contribution >= 4 is 5.91 Å². The van der Waals surface area contributed by atoms with Crippen LogP contribution in [0.2, 0.25) is 0 Å². The van der Waals surface area contributed by atoms with Gasteiger partial charge in [-0.05, 0) is 49.4 Å². The molecule has 144 valence electrons. The van der Waals surface area contributed by atoms with Gasteiger partial charge in [0, 0.05) is 37.0 Å². The van der Waals surface area contributed by atoms with E-state index < -0.39 is 0 Å². The number of hydrogen-bond acceptors (Lipinski definition) is 5. The van der Waals surface area contributed by atoms with E-state index in [0.29, 0.717) is 24.6 Å². The maximum atomic E-state index is 12.8. The van der Waals surface area contributed by atoms with E-state index in [1.165, 1.54) is 5.56 Å². The quantitative estimate of drug-likeness (QED) is 0.657. The molecule has 1 fully saturated rings. The van der Waals surface area contributed by atoms with Crippen LogP contribution in [-0.2, 0) is 17.6 Å². The number of benzene rings is 1. The lowest BCUT2D eigenvalue weighted by molar-refractivity contribution is -0.131. The molecule has 0 radical (unpaired) electrons. The monoisotopic (exact) mass is 376 g/mol.